The molecular formula is C28H23IN4O8. The van der Waals surface area contributed by atoms with E-state index in [2.05, 4.69) is 10.6 Å². The average Bonchev–Trinajstić information content (AvgIpc) is 2.92. The number of nitro groups is 1. The number of ether oxygens (including phenoxy) is 2. The van der Waals surface area contributed by atoms with Gasteiger partial charge in [-0.2, -0.15) is 0 Å². The van der Waals surface area contributed by atoms with Crippen LogP contribution < -0.4 is 25.0 Å². The van der Waals surface area contributed by atoms with Gasteiger partial charge in [0.05, 0.1) is 21.3 Å². The molecule has 4 rings (SSSR count). The lowest BCUT2D eigenvalue weighted by molar-refractivity contribution is -0.384. The summed E-state index contributed by atoms with van der Waals surface area (Å²) < 4.78 is 11.7. The number of rotatable bonds is 8. The van der Waals surface area contributed by atoms with Crippen molar-refractivity contribution < 1.29 is 33.6 Å². The third kappa shape index (κ3) is 6.35. The number of halogens is 1. The van der Waals surface area contributed by atoms with Crippen molar-refractivity contribution in [3.63, 3.8) is 0 Å². The first kappa shape index (κ1) is 29.2. The molecule has 1 aliphatic rings. The molecule has 1 fully saturated rings. The third-order valence-corrected chi connectivity index (χ3v) is 6.99. The van der Waals surface area contributed by atoms with Gasteiger partial charge in [0, 0.05) is 17.8 Å². The lowest BCUT2D eigenvalue weighted by Crippen LogP contribution is -2.54. The molecule has 1 saturated heterocycles. The summed E-state index contributed by atoms with van der Waals surface area (Å²) in [6.45, 7) is 3.54. The second kappa shape index (κ2) is 12.2. The first-order valence-electron chi connectivity index (χ1n) is 12.0. The lowest BCUT2D eigenvalue weighted by Gasteiger charge is -2.26. The molecule has 12 nitrogen and oxygen atoms in total. The van der Waals surface area contributed by atoms with Gasteiger partial charge in [0.2, 0.25) is 0 Å². The maximum Gasteiger partial charge on any atom is 0.335 e. The van der Waals surface area contributed by atoms with E-state index in [9.17, 15) is 29.3 Å². The number of nitrogens with zero attached hydrogens (tertiary/aromatic N) is 2. The van der Waals surface area contributed by atoms with E-state index in [1.54, 1.807) is 12.1 Å². The second-order valence-electron chi connectivity index (χ2n) is 8.85. The molecule has 3 aromatic rings. The fraction of sp³-hybridized carbons (Fsp3) is 0.143. The van der Waals surface area contributed by atoms with Gasteiger partial charge in [0.15, 0.2) is 18.1 Å². The molecule has 2 N–H and O–H groups in total. The fourth-order valence-corrected chi connectivity index (χ4v) is 4.76. The number of barbiturate groups is 1. The van der Waals surface area contributed by atoms with Crippen LogP contribution in [0.5, 0.6) is 11.5 Å². The van der Waals surface area contributed by atoms with E-state index in [4.69, 9.17) is 9.47 Å². The van der Waals surface area contributed by atoms with Crippen LogP contribution in [0.25, 0.3) is 6.08 Å². The maximum absolute atomic E-state index is 13.2. The number of imide groups is 2. The number of hydrogen-bond donors (Lipinski definition) is 2. The number of benzene rings is 3. The Morgan fingerprint density at radius 1 is 1.12 bits per heavy atom. The van der Waals surface area contributed by atoms with E-state index < -0.39 is 22.8 Å². The van der Waals surface area contributed by atoms with E-state index in [0.29, 0.717) is 19.7 Å². The Labute approximate surface area is 247 Å². The minimum absolute atomic E-state index is 0.0739. The zero-order chi connectivity index (χ0) is 29.8. The predicted octanol–water partition coefficient (Wildman–Crippen LogP) is 4.51. The number of non-ortho nitro benzene ring substituents is 1. The van der Waals surface area contributed by atoms with Crippen molar-refractivity contribution in [3.8, 4) is 11.5 Å². The summed E-state index contributed by atoms with van der Waals surface area (Å²) in [4.78, 5) is 62.0. The summed E-state index contributed by atoms with van der Waals surface area (Å²) in [5.74, 6) is -1.76. The Morgan fingerprint density at radius 3 is 2.56 bits per heavy atom. The molecule has 1 heterocycles. The molecule has 0 aromatic heterocycles. The van der Waals surface area contributed by atoms with Gasteiger partial charge in [0.1, 0.15) is 5.57 Å². The monoisotopic (exact) mass is 670 g/mol. The Kier molecular flexibility index (Phi) is 8.66. The summed E-state index contributed by atoms with van der Waals surface area (Å²) in [6.07, 6.45) is 1.26. The predicted molar refractivity (Wildman–Crippen MR) is 158 cm³/mol. The van der Waals surface area contributed by atoms with Crippen molar-refractivity contribution in [3.05, 3.63) is 90.5 Å². The number of nitro benzene ring substituents is 1. The van der Waals surface area contributed by atoms with E-state index in [1.165, 1.54) is 37.5 Å². The van der Waals surface area contributed by atoms with Crippen LogP contribution in [0, 0.1) is 27.5 Å². The van der Waals surface area contributed by atoms with Gasteiger partial charge in [-0.05, 0) is 83.5 Å². The van der Waals surface area contributed by atoms with Crippen LogP contribution in [0.2, 0.25) is 0 Å². The maximum atomic E-state index is 13.2. The molecule has 3 aromatic carbocycles. The highest BCUT2D eigenvalue weighted by atomic mass is 127. The van der Waals surface area contributed by atoms with E-state index in [1.807, 2.05) is 48.6 Å². The van der Waals surface area contributed by atoms with Crippen molar-refractivity contribution in [1.82, 2.24) is 5.32 Å². The number of amides is 5. The van der Waals surface area contributed by atoms with Crippen molar-refractivity contribution in [2.45, 2.75) is 13.8 Å². The third-order valence-electron chi connectivity index (χ3n) is 6.19. The fourth-order valence-electron chi connectivity index (χ4n) is 3.98. The minimum Gasteiger partial charge on any atom is -0.493 e. The molecule has 41 heavy (non-hydrogen) atoms. The van der Waals surface area contributed by atoms with Crippen molar-refractivity contribution in [2.75, 3.05) is 23.9 Å². The van der Waals surface area contributed by atoms with Crippen LogP contribution in [0.15, 0.2) is 60.2 Å². The molecule has 0 aliphatic carbocycles. The molecule has 0 spiro atoms. The Bertz CT molecular complexity index is 1640. The average molecular weight is 670 g/mol. The number of anilines is 2. The van der Waals surface area contributed by atoms with Crippen LogP contribution in [-0.4, -0.2) is 42.4 Å². The first-order valence-corrected chi connectivity index (χ1v) is 13.1. The number of urea groups is 1. The van der Waals surface area contributed by atoms with Crippen LogP contribution >= 0.6 is 22.6 Å². The number of aryl methyl sites for hydroxylation is 1. The highest BCUT2D eigenvalue weighted by Crippen LogP contribution is 2.35. The Balaban J connectivity index is 1.57. The van der Waals surface area contributed by atoms with Crippen LogP contribution in [0.1, 0.15) is 16.7 Å². The van der Waals surface area contributed by atoms with E-state index in [0.717, 1.165) is 17.2 Å². The smallest absolute Gasteiger partial charge is 0.335 e. The van der Waals surface area contributed by atoms with Gasteiger partial charge >= 0.3 is 6.03 Å². The van der Waals surface area contributed by atoms with Crippen LogP contribution in [0.4, 0.5) is 21.9 Å². The summed E-state index contributed by atoms with van der Waals surface area (Å²) in [7, 11) is 1.40. The van der Waals surface area contributed by atoms with Gasteiger partial charge in [-0.25, -0.2) is 9.69 Å². The minimum atomic E-state index is -1.03. The molecule has 0 radical (unpaired) electrons. The number of carbonyl (C=O) groups excluding carboxylic acids is 4. The molecule has 0 unspecified atom stereocenters. The Morgan fingerprint density at radius 2 is 1.85 bits per heavy atom. The molecule has 210 valence electrons. The quantitative estimate of drug-likeness (QED) is 0.117. The lowest BCUT2D eigenvalue weighted by atomic mass is 10.1. The van der Waals surface area contributed by atoms with Gasteiger partial charge < -0.3 is 14.8 Å². The second-order valence-corrected chi connectivity index (χ2v) is 10.0. The number of methoxy groups -OCH3 is 1. The topological polar surface area (TPSA) is 157 Å². The number of nitrogens with one attached hydrogen (secondary N) is 2. The van der Waals surface area contributed by atoms with Gasteiger partial charge in [-0.3, -0.25) is 29.8 Å². The van der Waals surface area contributed by atoms with Crippen molar-refractivity contribution in [2.24, 2.45) is 0 Å². The van der Waals surface area contributed by atoms with Crippen LogP contribution in [-0.2, 0) is 14.4 Å². The van der Waals surface area contributed by atoms with Gasteiger partial charge in [-0.1, -0.05) is 18.2 Å². The van der Waals surface area contributed by atoms with Gasteiger partial charge in [0.25, 0.3) is 23.4 Å². The first-order chi connectivity index (χ1) is 19.5. The summed E-state index contributed by atoms with van der Waals surface area (Å²) in [6, 6.07) is 12.6. The van der Waals surface area contributed by atoms with E-state index in [-0.39, 0.29) is 41.0 Å². The van der Waals surface area contributed by atoms with Gasteiger partial charge in [-0.15, -0.1) is 0 Å². The zero-order valence-electron chi connectivity index (χ0n) is 22.0. The molecule has 0 bridgehead atoms. The highest BCUT2D eigenvalue weighted by molar-refractivity contribution is 14.1. The van der Waals surface area contributed by atoms with Crippen molar-refractivity contribution >= 4 is 69.5 Å². The summed E-state index contributed by atoms with van der Waals surface area (Å²) >= 11 is 1.97. The summed E-state index contributed by atoms with van der Waals surface area (Å²) in [5.41, 5.74) is 2.24. The van der Waals surface area contributed by atoms with Crippen molar-refractivity contribution in [1.29, 1.82) is 0 Å². The van der Waals surface area contributed by atoms with E-state index >= 15 is 0 Å². The SMILES string of the molecule is COc1cc(/C=C2/C(=O)NC(=O)N(c3cccc([N+](=O)[O-])c3)C2=O)cc(I)c1OCC(=O)Nc1cccc(C)c1C. The molecule has 0 saturated carbocycles. The largest absolute Gasteiger partial charge is 0.493 e. The summed E-state index contributed by atoms with van der Waals surface area (Å²) in [5, 5.41) is 16.1. The molecular weight excluding hydrogens is 647 g/mol. The number of hydrogen-bond acceptors (Lipinski definition) is 8. The molecule has 13 heteroatoms. The number of carbonyl (C=O) groups is 4. The normalized spacial score (nSPS) is 14.1. The standard InChI is InChI=1S/C28H23IN4O8/c1-15-6-4-9-22(16(15)2)30-24(34)14-41-25-21(29)11-17(12-23(25)40-3)10-20-26(35)31-28(37)32(27(20)36)18-7-5-8-19(13-18)33(38)39/h4-13H,14H2,1-3H3,(H,30,34)(H,31,35,37)/b20-10-. The molecule has 1 aliphatic heterocycles. The molecule has 0 atom stereocenters. The molecule has 5 amide bonds. The zero-order valence-corrected chi connectivity index (χ0v) is 24.2. The highest BCUT2D eigenvalue weighted by Gasteiger charge is 2.37. The Hall–Kier alpha value is -4.79. The van der Waals surface area contributed by atoms with Crippen LogP contribution in [0.3, 0.4) is 0 Å².